The molecule has 138 valence electrons. The standard InChI is InChI=1S/C18H20ClN3O3S/c1-21-9-11-22(12-10-21)18(23)16-8-7-14(13-17(16)19)20-26(24,25)15-5-3-2-4-6-15/h2-8,13,20H,9-12H2,1H3. The van der Waals surface area contributed by atoms with Crippen molar-refractivity contribution < 1.29 is 13.2 Å². The van der Waals surface area contributed by atoms with Gasteiger partial charge in [-0.1, -0.05) is 29.8 Å². The third-order valence-electron chi connectivity index (χ3n) is 4.30. The van der Waals surface area contributed by atoms with Crippen LogP contribution in [0.25, 0.3) is 0 Å². The Hall–Kier alpha value is -2.09. The Kier molecular flexibility index (Phi) is 5.50. The van der Waals surface area contributed by atoms with Gasteiger partial charge < -0.3 is 9.80 Å². The van der Waals surface area contributed by atoms with Gasteiger partial charge in [-0.25, -0.2) is 8.42 Å². The van der Waals surface area contributed by atoms with Crippen LogP contribution >= 0.6 is 11.6 Å². The first-order chi connectivity index (χ1) is 12.4. The molecule has 1 N–H and O–H groups in total. The largest absolute Gasteiger partial charge is 0.336 e. The molecule has 2 aromatic rings. The van der Waals surface area contributed by atoms with Crippen molar-refractivity contribution in [1.29, 1.82) is 0 Å². The quantitative estimate of drug-likeness (QED) is 0.866. The summed E-state index contributed by atoms with van der Waals surface area (Å²) >= 11 is 6.25. The van der Waals surface area contributed by atoms with Crippen LogP contribution in [0.5, 0.6) is 0 Å². The zero-order chi connectivity index (χ0) is 18.7. The van der Waals surface area contributed by atoms with E-state index in [9.17, 15) is 13.2 Å². The van der Waals surface area contributed by atoms with Crippen LogP contribution < -0.4 is 4.72 Å². The average Bonchev–Trinajstić information content (AvgIpc) is 2.62. The topological polar surface area (TPSA) is 69.7 Å². The molecular weight excluding hydrogens is 374 g/mol. The fraction of sp³-hybridized carbons (Fsp3) is 0.278. The summed E-state index contributed by atoms with van der Waals surface area (Å²) in [5, 5.41) is 0.224. The Balaban J connectivity index is 1.76. The zero-order valence-corrected chi connectivity index (χ0v) is 15.9. The van der Waals surface area contributed by atoms with Gasteiger partial charge in [-0.05, 0) is 37.4 Å². The fourth-order valence-electron chi connectivity index (χ4n) is 2.75. The second-order valence-corrected chi connectivity index (χ2v) is 8.30. The summed E-state index contributed by atoms with van der Waals surface area (Å²) in [4.78, 5) is 16.7. The minimum absolute atomic E-state index is 0.138. The summed E-state index contributed by atoms with van der Waals surface area (Å²) in [6.07, 6.45) is 0. The number of amides is 1. The third kappa shape index (κ3) is 4.17. The molecule has 0 atom stereocenters. The predicted molar refractivity (Wildman–Crippen MR) is 102 cm³/mol. The highest BCUT2D eigenvalue weighted by Gasteiger charge is 2.22. The summed E-state index contributed by atoms with van der Waals surface area (Å²) in [5.41, 5.74) is 0.688. The number of nitrogens with one attached hydrogen (secondary N) is 1. The van der Waals surface area contributed by atoms with Gasteiger partial charge in [-0.3, -0.25) is 9.52 Å². The highest BCUT2D eigenvalue weighted by Crippen LogP contribution is 2.24. The molecule has 3 rings (SSSR count). The van der Waals surface area contributed by atoms with Crippen molar-refractivity contribution in [3.63, 3.8) is 0 Å². The summed E-state index contributed by atoms with van der Waals surface area (Å²) in [6, 6.07) is 12.6. The summed E-state index contributed by atoms with van der Waals surface area (Å²) in [7, 11) is -1.68. The number of carbonyl (C=O) groups is 1. The number of anilines is 1. The lowest BCUT2D eigenvalue weighted by molar-refractivity contribution is 0.0664. The number of rotatable bonds is 4. The van der Waals surface area contributed by atoms with Crippen LogP contribution in [0.1, 0.15) is 10.4 Å². The van der Waals surface area contributed by atoms with E-state index in [1.807, 2.05) is 7.05 Å². The van der Waals surface area contributed by atoms with E-state index >= 15 is 0 Å². The SMILES string of the molecule is CN1CCN(C(=O)c2ccc(NS(=O)(=O)c3ccccc3)cc2Cl)CC1. The number of nitrogens with zero attached hydrogens (tertiary/aromatic N) is 2. The molecule has 2 aromatic carbocycles. The smallest absolute Gasteiger partial charge is 0.261 e. The first-order valence-electron chi connectivity index (χ1n) is 8.22. The number of halogens is 1. The van der Waals surface area contributed by atoms with Gasteiger partial charge >= 0.3 is 0 Å². The van der Waals surface area contributed by atoms with Gasteiger partial charge in [-0.2, -0.15) is 0 Å². The Morgan fingerprint density at radius 2 is 1.69 bits per heavy atom. The molecule has 26 heavy (non-hydrogen) atoms. The van der Waals surface area contributed by atoms with Gasteiger partial charge in [0.1, 0.15) is 0 Å². The van der Waals surface area contributed by atoms with Crippen molar-refractivity contribution in [2.24, 2.45) is 0 Å². The van der Waals surface area contributed by atoms with E-state index in [0.29, 0.717) is 24.3 Å². The molecule has 1 aliphatic heterocycles. The number of carbonyl (C=O) groups excluding carboxylic acids is 1. The maximum atomic E-state index is 12.6. The number of benzene rings is 2. The van der Waals surface area contributed by atoms with E-state index in [1.54, 1.807) is 35.2 Å². The molecule has 0 radical (unpaired) electrons. The first-order valence-corrected chi connectivity index (χ1v) is 10.1. The highest BCUT2D eigenvalue weighted by molar-refractivity contribution is 7.92. The van der Waals surface area contributed by atoms with Crippen molar-refractivity contribution in [3.8, 4) is 0 Å². The molecule has 1 saturated heterocycles. The number of piperazine rings is 1. The van der Waals surface area contributed by atoms with Crippen molar-refractivity contribution in [1.82, 2.24) is 9.80 Å². The Morgan fingerprint density at radius 1 is 1.04 bits per heavy atom. The van der Waals surface area contributed by atoms with Crippen molar-refractivity contribution >= 4 is 33.2 Å². The molecule has 6 nitrogen and oxygen atoms in total. The molecule has 1 heterocycles. The lowest BCUT2D eigenvalue weighted by Gasteiger charge is -2.32. The molecule has 8 heteroatoms. The van der Waals surface area contributed by atoms with E-state index in [0.717, 1.165) is 13.1 Å². The van der Waals surface area contributed by atoms with Crippen LogP contribution in [0.15, 0.2) is 53.4 Å². The summed E-state index contributed by atoms with van der Waals surface area (Å²) < 4.78 is 27.2. The molecule has 0 bridgehead atoms. The summed E-state index contributed by atoms with van der Waals surface area (Å²) in [6.45, 7) is 2.93. The lowest BCUT2D eigenvalue weighted by atomic mass is 10.1. The van der Waals surface area contributed by atoms with Gasteiger partial charge in [0.05, 0.1) is 21.2 Å². The van der Waals surface area contributed by atoms with Crippen molar-refractivity contribution in [2.45, 2.75) is 4.90 Å². The van der Waals surface area contributed by atoms with Crippen LogP contribution in [-0.4, -0.2) is 57.4 Å². The van der Waals surface area contributed by atoms with Gasteiger partial charge in [0.2, 0.25) is 0 Å². The number of hydrogen-bond donors (Lipinski definition) is 1. The van der Waals surface area contributed by atoms with E-state index in [4.69, 9.17) is 11.6 Å². The van der Waals surface area contributed by atoms with Crippen LogP contribution in [0.2, 0.25) is 5.02 Å². The second-order valence-electron chi connectivity index (χ2n) is 6.21. The van der Waals surface area contributed by atoms with Crippen LogP contribution in [0.3, 0.4) is 0 Å². The van der Waals surface area contributed by atoms with Crippen LogP contribution in [0, 0.1) is 0 Å². The molecule has 0 unspecified atom stereocenters. The van der Waals surface area contributed by atoms with Gasteiger partial charge in [-0.15, -0.1) is 0 Å². The molecule has 1 fully saturated rings. The Morgan fingerprint density at radius 3 is 2.31 bits per heavy atom. The lowest BCUT2D eigenvalue weighted by Crippen LogP contribution is -2.47. The molecular formula is C18H20ClN3O3S. The van der Waals surface area contributed by atoms with E-state index in [2.05, 4.69) is 9.62 Å². The van der Waals surface area contributed by atoms with Crippen LogP contribution in [0.4, 0.5) is 5.69 Å². The molecule has 0 saturated carbocycles. The van der Waals surface area contributed by atoms with E-state index in [1.165, 1.54) is 18.2 Å². The van der Waals surface area contributed by atoms with E-state index < -0.39 is 10.0 Å². The van der Waals surface area contributed by atoms with Crippen molar-refractivity contribution in [2.75, 3.05) is 37.9 Å². The third-order valence-corrected chi connectivity index (χ3v) is 6.01. The van der Waals surface area contributed by atoms with E-state index in [-0.39, 0.29) is 15.8 Å². The molecule has 0 aromatic heterocycles. The highest BCUT2D eigenvalue weighted by atomic mass is 35.5. The number of likely N-dealkylation sites (N-methyl/N-ethyl adjacent to an activating group) is 1. The molecule has 1 amide bonds. The fourth-order valence-corrected chi connectivity index (χ4v) is 4.08. The maximum Gasteiger partial charge on any atom is 0.261 e. The Bertz CT molecular complexity index is 895. The molecule has 1 aliphatic rings. The molecule has 0 aliphatic carbocycles. The van der Waals surface area contributed by atoms with Gasteiger partial charge in [0.25, 0.3) is 15.9 Å². The van der Waals surface area contributed by atoms with Crippen LogP contribution in [-0.2, 0) is 10.0 Å². The normalized spacial score (nSPS) is 15.7. The minimum atomic E-state index is -3.70. The maximum absolute atomic E-state index is 12.6. The van der Waals surface area contributed by atoms with Gasteiger partial charge in [0.15, 0.2) is 0 Å². The zero-order valence-electron chi connectivity index (χ0n) is 14.4. The monoisotopic (exact) mass is 393 g/mol. The average molecular weight is 394 g/mol. The van der Waals surface area contributed by atoms with Crippen molar-refractivity contribution in [3.05, 3.63) is 59.1 Å². The molecule has 0 spiro atoms. The number of sulfonamides is 1. The minimum Gasteiger partial charge on any atom is -0.336 e. The predicted octanol–water partition coefficient (Wildman–Crippen LogP) is 2.53. The van der Waals surface area contributed by atoms with Gasteiger partial charge in [0, 0.05) is 26.2 Å². The Labute approximate surface area is 158 Å². The second kappa shape index (κ2) is 7.65. The number of hydrogen-bond acceptors (Lipinski definition) is 4. The summed E-state index contributed by atoms with van der Waals surface area (Å²) in [5.74, 6) is -0.138. The first kappa shape index (κ1) is 18.7.